The van der Waals surface area contributed by atoms with Gasteiger partial charge in [0.15, 0.2) is 0 Å². The third-order valence-electron chi connectivity index (χ3n) is 7.09. The topological polar surface area (TPSA) is 64.1 Å². The SMILES string of the molecule is CCN(C(=O)CC1CN(C2CC3CCC(CC)(C2)N3C(=O)O)C1)C(C)C. The van der Waals surface area contributed by atoms with Gasteiger partial charge in [-0.25, -0.2) is 4.79 Å². The number of amides is 2. The molecule has 2 amide bonds. The zero-order valence-electron chi connectivity index (χ0n) is 16.8. The number of piperidine rings is 1. The van der Waals surface area contributed by atoms with Crippen LogP contribution in [0.4, 0.5) is 4.79 Å². The molecule has 3 aliphatic rings. The number of fused-ring (bicyclic) bond motifs is 2. The maximum atomic E-state index is 12.5. The maximum Gasteiger partial charge on any atom is 0.408 e. The van der Waals surface area contributed by atoms with Crippen molar-refractivity contribution >= 4 is 12.0 Å². The molecule has 0 aromatic carbocycles. The second-order valence-electron chi connectivity index (χ2n) is 8.81. The van der Waals surface area contributed by atoms with Gasteiger partial charge in [-0.3, -0.25) is 14.6 Å². The lowest BCUT2D eigenvalue weighted by Crippen LogP contribution is -2.62. The summed E-state index contributed by atoms with van der Waals surface area (Å²) >= 11 is 0. The lowest BCUT2D eigenvalue weighted by atomic mass is 9.80. The van der Waals surface area contributed by atoms with E-state index in [0.717, 1.165) is 51.7 Å². The highest BCUT2D eigenvalue weighted by Gasteiger charge is 2.54. The average Bonchev–Trinajstić information content (AvgIpc) is 2.79. The number of carboxylic acid groups (broad SMARTS) is 1. The van der Waals surface area contributed by atoms with E-state index in [0.29, 0.717) is 18.4 Å². The van der Waals surface area contributed by atoms with Crippen LogP contribution in [0.3, 0.4) is 0 Å². The first kappa shape index (κ1) is 19.5. The van der Waals surface area contributed by atoms with Crippen LogP contribution in [0.25, 0.3) is 0 Å². The fraction of sp³-hybridized carbons (Fsp3) is 0.900. The molecule has 0 radical (unpaired) electrons. The van der Waals surface area contributed by atoms with Crippen LogP contribution in [0.1, 0.15) is 66.2 Å². The Hall–Kier alpha value is -1.30. The molecule has 148 valence electrons. The van der Waals surface area contributed by atoms with E-state index in [4.69, 9.17) is 0 Å². The van der Waals surface area contributed by atoms with Crippen LogP contribution >= 0.6 is 0 Å². The van der Waals surface area contributed by atoms with Gasteiger partial charge in [-0.15, -0.1) is 0 Å². The van der Waals surface area contributed by atoms with Gasteiger partial charge in [-0.05, 0) is 58.8 Å². The van der Waals surface area contributed by atoms with Crippen LogP contribution < -0.4 is 0 Å². The molecule has 0 aromatic heterocycles. The van der Waals surface area contributed by atoms with Gasteiger partial charge in [0.1, 0.15) is 0 Å². The molecule has 3 fully saturated rings. The van der Waals surface area contributed by atoms with E-state index < -0.39 is 6.09 Å². The number of carbonyl (C=O) groups excluding carboxylic acids is 1. The predicted octanol–water partition coefficient (Wildman–Crippen LogP) is 3.02. The lowest BCUT2D eigenvalue weighted by Gasteiger charge is -2.53. The number of nitrogens with zero attached hydrogens (tertiary/aromatic N) is 3. The Bertz CT molecular complexity index is 546. The van der Waals surface area contributed by atoms with Crippen LogP contribution in [0.15, 0.2) is 0 Å². The molecular weight excluding hydrogens is 330 g/mol. The van der Waals surface area contributed by atoms with Crippen molar-refractivity contribution in [2.75, 3.05) is 19.6 Å². The highest BCUT2D eigenvalue weighted by atomic mass is 16.4. The number of hydrogen-bond donors (Lipinski definition) is 1. The standard InChI is InChI=1S/C20H35N3O3/c1-5-20-8-7-16(23(20)19(25)26)10-17(11-20)21-12-15(13-21)9-18(24)22(6-2)14(3)4/h14-17H,5-13H2,1-4H3,(H,25,26). The molecule has 0 saturated carbocycles. The molecule has 6 nitrogen and oxygen atoms in total. The predicted molar refractivity (Wildman–Crippen MR) is 101 cm³/mol. The van der Waals surface area contributed by atoms with Gasteiger partial charge in [-0.2, -0.15) is 0 Å². The number of rotatable bonds is 6. The van der Waals surface area contributed by atoms with E-state index in [1.54, 1.807) is 4.90 Å². The first-order chi connectivity index (χ1) is 12.3. The summed E-state index contributed by atoms with van der Waals surface area (Å²) in [5.74, 6) is 0.737. The molecule has 0 aromatic rings. The van der Waals surface area contributed by atoms with Crippen LogP contribution in [-0.4, -0.2) is 75.1 Å². The van der Waals surface area contributed by atoms with Gasteiger partial charge in [0, 0.05) is 49.7 Å². The molecule has 0 aliphatic carbocycles. The van der Waals surface area contributed by atoms with Gasteiger partial charge in [0.2, 0.25) is 5.91 Å². The third kappa shape index (κ3) is 3.32. The van der Waals surface area contributed by atoms with Crippen LogP contribution in [0.5, 0.6) is 0 Å². The van der Waals surface area contributed by atoms with Gasteiger partial charge < -0.3 is 10.0 Å². The van der Waals surface area contributed by atoms with E-state index in [-0.39, 0.29) is 23.5 Å². The largest absolute Gasteiger partial charge is 0.465 e. The molecular formula is C20H35N3O3. The second kappa shape index (κ2) is 7.37. The third-order valence-corrected chi connectivity index (χ3v) is 7.09. The lowest BCUT2D eigenvalue weighted by molar-refractivity contribution is -0.135. The molecule has 26 heavy (non-hydrogen) atoms. The minimum absolute atomic E-state index is 0.156. The van der Waals surface area contributed by atoms with E-state index in [9.17, 15) is 14.7 Å². The molecule has 3 heterocycles. The molecule has 3 aliphatic heterocycles. The van der Waals surface area contributed by atoms with Crippen LogP contribution in [0, 0.1) is 5.92 Å². The molecule has 1 N–H and O–H groups in total. The van der Waals surface area contributed by atoms with Gasteiger partial charge >= 0.3 is 6.09 Å². The smallest absolute Gasteiger partial charge is 0.408 e. The monoisotopic (exact) mass is 365 g/mol. The van der Waals surface area contributed by atoms with Gasteiger partial charge in [-0.1, -0.05) is 6.92 Å². The minimum Gasteiger partial charge on any atom is -0.465 e. The summed E-state index contributed by atoms with van der Waals surface area (Å²) in [7, 11) is 0. The number of likely N-dealkylation sites (tertiary alicyclic amines) is 1. The van der Waals surface area contributed by atoms with Crippen molar-refractivity contribution in [3.05, 3.63) is 0 Å². The van der Waals surface area contributed by atoms with E-state index in [2.05, 4.69) is 25.7 Å². The molecule has 3 saturated heterocycles. The number of carbonyl (C=O) groups is 2. The van der Waals surface area contributed by atoms with Crippen molar-refractivity contribution in [2.45, 2.75) is 89.9 Å². The van der Waals surface area contributed by atoms with E-state index in [1.165, 1.54) is 0 Å². The second-order valence-corrected chi connectivity index (χ2v) is 8.81. The zero-order chi connectivity index (χ0) is 19.1. The summed E-state index contributed by atoms with van der Waals surface area (Å²) in [6.07, 6.45) is 4.75. The minimum atomic E-state index is -0.742. The van der Waals surface area contributed by atoms with Crippen molar-refractivity contribution < 1.29 is 14.7 Å². The van der Waals surface area contributed by atoms with Gasteiger partial charge in [0.25, 0.3) is 0 Å². The Morgan fingerprint density at radius 2 is 1.92 bits per heavy atom. The Morgan fingerprint density at radius 1 is 1.23 bits per heavy atom. The zero-order valence-corrected chi connectivity index (χ0v) is 16.8. The number of hydrogen-bond acceptors (Lipinski definition) is 3. The van der Waals surface area contributed by atoms with Crippen molar-refractivity contribution in [2.24, 2.45) is 5.92 Å². The average molecular weight is 366 g/mol. The van der Waals surface area contributed by atoms with Crippen molar-refractivity contribution in [1.29, 1.82) is 0 Å². The Kier molecular flexibility index (Phi) is 5.52. The Labute approximate surface area is 157 Å². The maximum absolute atomic E-state index is 12.5. The highest BCUT2D eigenvalue weighted by Crippen LogP contribution is 2.48. The van der Waals surface area contributed by atoms with Crippen LogP contribution in [-0.2, 0) is 4.79 Å². The normalized spacial score (nSPS) is 32.0. The fourth-order valence-corrected chi connectivity index (χ4v) is 5.69. The first-order valence-electron chi connectivity index (χ1n) is 10.4. The molecule has 6 heteroatoms. The summed E-state index contributed by atoms with van der Waals surface area (Å²) in [5, 5.41) is 9.64. The quantitative estimate of drug-likeness (QED) is 0.786. The van der Waals surface area contributed by atoms with E-state index in [1.807, 2.05) is 11.8 Å². The molecule has 0 spiro atoms. The summed E-state index contributed by atoms with van der Waals surface area (Å²) in [6.45, 7) is 11.1. The Balaban J connectivity index is 1.54. The Morgan fingerprint density at radius 3 is 2.46 bits per heavy atom. The highest BCUT2D eigenvalue weighted by molar-refractivity contribution is 5.76. The van der Waals surface area contributed by atoms with Crippen LogP contribution in [0.2, 0.25) is 0 Å². The summed E-state index contributed by atoms with van der Waals surface area (Å²) in [6, 6.07) is 0.934. The summed E-state index contributed by atoms with van der Waals surface area (Å²) in [4.78, 5) is 30.4. The molecule has 3 atom stereocenters. The van der Waals surface area contributed by atoms with Crippen molar-refractivity contribution in [3.63, 3.8) is 0 Å². The van der Waals surface area contributed by atoms with Crippen molar-refractivity contribution in [3.8, 4) is 0 Å². The van der Waals surface area contributed by atoms with Gasteiger partial charge in [0.05, 0.1) is 0 Å². The van der Waals surface area contributed by atoms with Crippen molar-refractivity contribution in [1.82, 2.24) is 14.7 Å². The summed E-state index contributed by atoms with van der Waals surface area (Å²) < 4.78 is 0. The molecule has 3 unspecified atom stereocenters. The first-order valence-corrected chi connectivity index (χ1v) is 10.4. The summed E-state index contributed by atoms with van der Waals surface area (Å²) in [5.41, 5.74) is -0.156. The fourth-order valence-electron chi connectivity index (χ4n) is 5.69. The molecule has 2 bridgehead atoms. The van der Waals surface area contributed by atoms with E-state index >= 15 is 0 Å². The molecule has 3 rings (SSSR count).